The van der Waals surface area contributed by atoms with Crippen LogP contribution in [0.15, 0.2) is 35.8 Å². The van der Waals surface area contributed by atoms with Crippen LogP contribution in [0.1, 0.15) is 88.8 Å². The fourth-order valence-corrected chi connectivity index (χ4v) is 6.72. The molecule has 0 spiro atoms. The standard InChI is InChI=1S/C30H39N3O5S/c1-17(2)16-30(27(37)38-29(6,7)8)21-20(25(35)32(9)26(21)36)22(23-31-14-15-39-23)33(30)24(34)18-10-12-19(13-11-18)28(3,4)5/h10-15,17,20-22H,16H2,1-9H3/t20-,21-,22+,30-/m0/s1. The first kappa shape index (κ1) is 28.9. The van der Waals surface area contributed by atoms with Crippen molar-refractivity contribution in [3.05, 3.63) is 52.0 Å². The number of imide groups is 1. The van der Waals surface area contributed by atoms with E-state index in [9.17, 15) is 19.2 Å². The number of fused-ring (bicyclic) bond motifs is 1. The molecule has 2 fully saturated rings. The Hall–Kier alpha value is -3.07. The van der Waals surface area contributed by atoms with E-state index in [1.807, 2.05) is 26.0 Å². The first-order valence-electron chi connectivity index (χ1n) is 13.4. The van der Waals surface area contributed by atoms with Gasteiger partial charge in [-0.1, -0.05) is 46.8 Å². The number of benzene rings is 1. The van der Waals surface area contributed by atoms with Crippen molar-refractivity contribution in [3.8, 4) is 0 Å². The number of hydrogen-bond donors (Lipinski definition) is 0. The average Bonchev–Trinajstić information content (AvgIpc) is 3.50. The molecule has 0 bridgehead atoms. The molecule has 210 valence electrons. The first-order valence-corrected chi connectivity index (χ1v) is 14.3. The molecular weight excluding hydrogens is 514 g/mol. The average molecular weight is 554 g/mol. The highest BCUT2D eigenvalue weighted by Crippen LogP contribution is 2.58. The third-order valence-corrected chi connectivity index (χ3v) is 8.37. The van der Waals surface area contributed by atoms with Gasteiger partial charge in [-0.25, -0.2) is 9.78 Å². The van der Waals surface area contributed by atoms with Crippen molar-refractivity contribution < 1.29 is 23.9 Å². The molecule has 4 atom stereocenters. The van der Waals surface area contributed by atoms with Gasteiger partial charge >= 0.3 is 5.97 Å². The van der Waals surface area contributed by atoms with Crippen LogP contribution in [0.4, 0.5) is 0 Å². The molecule has 8 nitrogen and oxygen atoms in total. The predicted molar refractivity (Wildman–Crippen MR) is 149 cm³/mol. The summed E-state index contributed by atoms with van der Waals surface area (Å²) in [4.78, 5) is 63.4. The van der Waals surface area contributed by atoms with E-state index >= 15 is 0 Å². The second-order valence-corrected chi connectivity index (χ2v) is 14.0. The zero-order valence-corrected chi connectivity index (χ0v) is 25.1. The Balaban J connectivity index is 2.00. The number of esters is 1. The zero-order chi connectivity index (χ0) is 29.1. The highest BCUT2D eigenvalue weighted by molar-refractivity contribution is 7.09. The molecule has 4 rings (SSSR count). The van der Waals surface area contributed by atoms with Gasteiger partial charge in [0.2, 0.25) is 11.8 Å². The van der Waals surface area contributed by atoms with E-state index in [4.69, 9.17) is 4.74 Å². The van der Waals surface area contributed by atoms with E-state index in [-0.39, 0.29) is 17.8 Å². The lowest BCUT2D eigenvalue weighted by Crippen LogP contribution is -2.61. The molecule has 1 aromatic heterocycles. The van der Waals surface area contributed by atoms with Crippen LogP contribution in [0.25, 0.3) is 0 Å². The topological polar surface area (TPSA) is 96.9 Å². The van der Waals surface area contributed by atoms with E-state index in [1.54, 1.807) is 44.5 Å². The summed E-state index contributed by atoms with van der Waals surface area (Å²) in [7, 11) is 1.44. The number of hydrogen-bond acceptors (Lipinski definition) is 7. The van der Waals surface area contributed by atoms with Gasteiger partial charge in [0.05, 0.1) is 17.9 Å². The highest BCUT2D eigenvalue weighted by Gasteiger charge is 2.74. The Bertz CT molecular complexity index is 1270. The maximum Gasteiger partial charge on any atom is 0.333 e. The van der Waals surface area contributed by atoms with Crippen molar-refractivity contribution in [2.75, 3.05) is 7.05 Å². The number of carbonyl (C=O) groups excluding carboxylic acids is 4. The third kappa shape index (κ3) is 4.90. The molecule has 9 heteroatoms. The van der Waals surface area contributed by atoms with E-state index in [0.29, 0.717) is 10.6 Å². The van der Waals surface area contributed by atoms with E-state index in [2.05, 4.69) is 25.8 Å². The second kappa shape index (κ2) is 9.84. The summed E-state index contributed by atoms with van der Waals surface area (Å²) in [5, 5.41) is 2.28. The van der Waals surface area contributed by atoms with Crippen molar-refractivity contribution in [1.29, 1.82) is 0 Å². The monoisotopic (exact) mass is 553 g/mol. The van der Waals surface area contributed by atoms with E-state index in [1.165, 1.54) is 23.3 Å². The van der Waals surface area contributed by atoms with Crippen LogP contribution in [-0.2, 0) is 24.5 Å². The molecule has 0 aliphatic carbocycles. The Kier molecular flexibility index (Phi) is 7.30. The van der Waals surface area contributed by atoms with Gasteiger partial charge in [-0.05, 0) is 56.2 Å². The Morgan fingerprint density at radius 3 is 2.15 bits per heavy atom. The zero-order valence-electron chi connectivity index (χ0n) is 24.3. The van der Waals surface area contributed by atoms with Gasteiger partial charge in [0, 0.05) is 24.2 Å². The van der Waals surface area contributed by atoms with Gasteiger partial charge in [0.25, 0.3) is 5.91 Å². The Morgan fingerprint density at radius 1 is 1.05 bits per heavy atom. The predicted octanol–water partition coefficient (Wildman–Crippen LogP) is 5.00. The molecule has 0 radical (unpaired) electrons. The van der Waals surface area contributed by atoms with Gasteiger partial charge < -0.3 is 9.64 Å². The van der Waals surface area contributed by atoms with E-state index < -0.39 is 52.7 Å². The smallest absolute Gasteiger partial charge is 0.333 e. The molecule has 2 aliphatic rings. The summed E-state index contributed by atoms with van der Waals surface area (Å²) in [6, 6.07) is 6.42. The Labute approximate surface area is 234 Å². The van der Waals surface area contributed by atoms with Crippen LogP contribution in [-0.4, -0.2) is 56.7 Å². The number of amides is 3. The minimum Gasteiger partial charge on any atom is -0.458 e. The number of rotatable bonds is 5. The normalized spacial score (nSPS) is 25.4. The van der Waals surface area contributed by atoms with Crippen LogP contribution < -0.4 is 0 Å². The van der Waals surface area contributed by atoms with Crippen LogP contribution in [0.3, 0.4) is 0 Å². The molecule has 0 unspecified atom stereocenters. The third-order valence-electron chi connectivity index (χ3n) is 7.53. The largest absolute Gasteiger partial charge is 0.458 e. The lowest BCUT2D eigenvalue weighted by atomic mass is 9.75. The lowest BCUT2D eigenvalue weighted by molar-refractivity contribution is -0.173. The van der Waals surface area contributed by atoms with Crippen molar-refractivity contribution in [2.24, 2.45) is 17.8 Å². The van der Waals surface area contributed by atoms with Crippen LogP contribution in [0.2, 0.25) is 0 Å². The quantitative estimate of drug-likeness (QED) is 0.382. The fourth-order valence-electron chi connectivity index (χ4n) is 5.94. The summed E-state index contributed by atoms with van der Waals surface area (Å²) in [6.45, 7) is 15.4. The summed E-state index contributed by atoms with van der Waals surface area (Å²) in [5.41, 5.74) is -1.26. The molecule has 0 saturated carbocycles. The van der Waals surface area contributed by atoms with Gasteiger partial charge in [0.1, 0.15) is 10.6 Å². The number of thiazole rings is 1. The van der Waals surface area contributed by atoms with Crippen LogP contribution >= 0.6 is 11.3 Å². The van der Waals surface area contributed by atoms with Crippen molar-refractivity contribution in [2.45, 2.75) is 84.4 Å². The van der Waals surface area contributed by atoms with Gasteiger partial charge in [-0.15, -0.1) is 11.3 Å². The first-order chi connectivity index (χ1) is 18.0. The molecule has 3 amide bonds. The second-order valence-electron chi connectivity index (χ2n) is 13.1. The molecule has 3 heterocycles. The van der Waals surface area contributed by atoms with Crippen molar-refractivity contribution in [3.63, 3.8) is 0 Å². The summed E-state index contributed by atoms with van der Waals surface area (Å²) in [6.07, 6.45) is 1.76. The molecule has 2 aromatic rings. The number of ether oxygens (including phenoxy) is 1. The van der Waals surface area contributed by atoms with Crippen LogP contribution in [0, 0.1) is 17.8 Å². The van der Waals surface area contributed by atoms with E-state index in [0.717, 1.165) is 10.5 Å². The molecule has 1 aromatic carbocycles. The number of aromatic nitrogens is 1. The molecule has 39 heavy (non-hydrogen) atoms. The number of likely N-dealkylation sites (tertiary alicyclic amines) is 2. The minimum absolute atomic E-state index is 0.0967. The Morgan fingerprint density at radius 2 is 1.67 bits per heavy atom. The summed E-state index contributed by atoms with van der Waals surface area (Å²) in [5.74, 6) is -4.12. The molecule has 2 aliphatic heterocycles. The minimum atomic E-state index is -1.69. The maximum atomic E-state index is 14.6. The van der Waals surface area contributed by atoms with Gasteiger partial charge in [0.15, 0.2) is 5.54 Å². The number of carbonyl (C=O) groups is 4. The lowest BCUT2D eigenvalue weighted by Gasteiger charge is -2.43. The van der Waals surface area contributed by atoms with Crippen molar-refractivity contribution >= 4 is 35.0 Å². The van der Waals surface area contributed by atoms with Gasteiger partial charge in [-0.2, -0.15) is 0 Å². The number of nitrogens with zero attached hydrogens (tertiary/aromatic N) is 3. The van der Waals surface area contributed by atoms with Crippen LogP contribution in [0.5, 0.6) is 0 Å². The molecule has 0 N–H and O–H groups in total. The van der Waals surface area contributed by atoms with Crippen molar-refractivity contribution in [1.82, 2.24) is 14.8 Å². The maximum absolute atomic E-state index is 14.6. The fraction of sp³-hybridized carbons (Fsp3) is 0.567. The molecular formula is C30H39N3O5S. The van der Waals surface area contributed by atoms with Gasteiger partial charge in [-0.3, -0.25) is 19.3 Å². The highest BCUT2D eigenvalue weighted by atomic mass is 32.1. The summed E-state index contributed by atoms with van der Waals surface area (Å²) < 4.78 is 5.97. The molecule has 2 saturated heterocycles. The SMILES string of the molecule is CC(C)C[C@@]1(C(=O)OC(C)(C)C)[C@@H]2C(=O)N(C)C(=O)[C@@H]2[C@H](c2nccs2)N1C(=O)c1ccc(C(C)(C)C)cc1. The summed E-state index contributed by atoms with van der Waals surface area (Å²) >= 11 is 1.30.